The maximum Gasteiger partial charge on any atom is 0.267 e. The van der Waals surface area contributed by atoms with Gasteiger partial charge in [-0.3, -0.25) is 4.72 Å². The number of anilines is 1. The summed E-state index contributed by atoms with van der Waals surface area (Å²) in [7, 11) is -2.00. The molecular weight excluding hydrogens is 358 g/mol. The highest BCUT2D eigenvalue weighted by molar-refractivity contribution is 9.10. The van der Waals surface area contributed by atoms with Crippen LogP contribution >= 0.6 is 15.9 Å². The second-order valence-corrected chi connectivity index (χ2v) is 7.03. The summed E-state index contributed by atoms with van der Waals surface area (Å²) in [5.74, 6) is 0.814. The van der Waals surface area contributed by atoms with E-state index < -0.39 is 10.0 Å². The Labute approximate surface area is 132 Å². The number of halogens is 1. The summed E-state index contributed by atoms with van der Waals surface area (Å²) in [4.78, 5) is 4.22. The smallest absolute Gasteiger partial charge is 0.267 e. The number of aromatic nitrogens is 1. The van der Waals surface area contributed by atoms with Gasteiger partial charge < -0.3 is 9.73 Å². The zero-order chi connectivity index (χ0) is 15.6. The highest BCUT2D eigenvalue weighted by Gasteiger charge is 2.23. The van der Waals surface area contributed by atoms with Crippen molar-refractivity contribution >= 4 is 31.8 Å². The lowest BCUT2D eigenvalue weighted by Crippen LogP contribution is -2.14. The van der Waals surface area contributed by atoms with Gasteiger partial charge in [0.25, 0.3) is 10.0 Å². The molecule has 0 bridgehead atoms. The van der Waals surface area contributed by atoms with E-state index >= 15 is 0 Å². The van der Waals surface area contributed by atoms with Crippen molar-refractivity contribution < 1.29 is 12.8 Å². The molecule has 0 unspecified atom stereocenters. The SMILES string of the molecule is CNCc1cc(S(=O)(=O)Nc2cc(C)cc(C)n2)c(Br)o1. The van der Waals surface area contributed by atoms with Gasteiger partial charge in [-0.25, -0.2) is 13.4 Å². The predicted molar refractivity (Wildman–Crippen MR) is 83.7 cm³/mol. The molecule has 6 nitrogen and oxygen atoms in total. The third kappa shape index (κ3) is 3.84. The van der Waals surface area contributed by atoms with E-state index in [0.29, 0.717) is 12.3 Å². The first-order chi connectivity index (χ1) is 9.81. The molecule has 0 aliphatic carbocycles. The molecule has 114 valence electrons. The summed E-state index contributed by atoms with van der Waals surface area (Å²) in [6.45, 7) is 4.13. The summed E-state index contributed by atoms with van der Waals surface area (Å²) in [6.07, 6.45) is 0. The molecule has 0 radical (unpaired) electrons. The van der Waals surface area contributed by atoms with E-state index in [4.69, 9.17) is 4.42 Å². The number of pyridine rings is 1. The number of sulfonamides is 1. The van der Waals surface area contributed by atoms with Gasteiger partial charge in [-0.15, -0.1) is 0 Å². The third-order valence-electron chi connectivity index (χ3n) is 2.68. The fourth-order valence-electron chi connectivity index (χ4n) is 1.93. The molecule has 2 aromatic rings. The molecule has 0 aliphatic rings. The number of aryl methyl sites for hydroxylation is 2. The fourth-order valence-corrected chi connectivity index (χ4v) is 3.92. The monoisotopic (exact) mass is 373 g/mol. The number of rotatable bonds is 5. The van der Waals surface area contributed by atoms with Gasteiger partial charge in [0.05, 0.1) is 6.54 Å². The van der Waals surface area contributed by atoms with E-state index in [1.807, 2.05) is 19.9 Å². The van der Waals surface area contributed by atoms with E-state index in [2.05, 4.69) is 31.0 Å². The minimum Gasteiger partial charge on any atom is -0.451 e. The van der Waals surface area contributed by atoms with E-state index in [1.165, 1.54) is 6.07 Å². The summed E-state index contributed by atoms with van der Waals surface area (Å²) in [6, 6.07) is 5.02. The van der Waals surface area contributed by atoms with Gasteiger partial charge >= 0.3 is 0 Å². The van der Waals surface area contributed by atoms with Crippen LogP contribution < -0.4 is 10.0 Å². The van der Waals surface area contributed by atoms with Crippen molar-refractivity contribution in [1.82, 2.24) is 10.3 Å². The Morgan fingerprint density at radius 2 is 2.00 bits per heavy atom. The van der Waals surface area contributed by atoms with Gasteiger partial charge in [-0.1, -0.05) is 0 Å². The molecule has 21 heavy (non-hydrogen) atoms. The van der Waals surface area contributed by atoms with Crippen molar-refractivity contribution in [3.63, 3.8) is 0 Å². The number of hydrogen-bond acceptors (Lipinski definition) is 5. The van der Waals surface area contributed by atoms with Gasteiger partial charge in [0.15, 0.2) is 4.67 Å². The average molecular weight is 374 g/mol. The topological polar surface area (TPSA) is 84.2 Å². The first kappa shape index (κ1) is 16.0. The molecule has 0 fully saturated rings. The normalized spacial score (nSPS) is 11.6. The van der Waals surface area contributed by atoms with Gasteiger partial charge in [0, 0.05) is 11.8 Å². The largest absolute Gasteiger partial charge is 0.451 e. The molecule has 8 heteroatoms. The van der Waals surface area contributed by atoms with Crippen molar-refractivity contribution in [2.24, 2.45) is 0 Å². The Morgan fingerprint density at radius 1 is 1.29 bits per heavy atom. The van der Waals surface area contributed by atoms with Crippen LogP contribution in [-0.4, -0.2) is 20.4 Å². The zero-order valence-corrected chi connectivity index (χ0v) is 14.3. The van der Waals surface area contributed by atoms with E-state index in [0.717, 1.165) is 11.3 Å². The molecule has 0 aliphatic heterocycles. The number of nitrogens with zero attached hydrogens (tertiary/aromatic N) is 1. The van der Waals surface area contributed by atoms with Gasteiger partial charge in [-0.05, 0) is 54.5 Å². The number of hydrogen-bond donors (Lipinski definition) is 2. The van der Waals surface area contributed by atoms with Crippen LogP contribution in [0.15, 0.2) is 32.2 Å². The minimum atomic E-state index is -3.76. The quantitative estimate of drug-likeness (QED) is 0.841. The summed E-state index contributed by atoms with van der Waals surface area (Å²) in [5, 5.41) is 2.90. The van der Waals surface area contributed by atoms with Gasteiger partial charge in [0.1, 0.15) is 16.5 Å². The molecule has 0 spiro atoms. The van der Waals surface area contributed by atoms with E-state index in [1.54, 1.807) is 13.1 Å². The van der Waals surface area contributed by atoms with Crippen molar-refractivity contribution in [2.75, 3.05) is 11.8 Å². The van der Waals surface area contributed by atoms with Gasteiger partial charge in [0.2, 0.25) is 0 Å². The number of furan rings is 1. The van der Waals surface area contributed by atoms with Crippen LogP contribution in [0.2, 0.25) is 0 Å². The lowest BCUT2D eigenvalue weighted by molar-refractivity contribution is 0.470. The molecule has 2 aromatic heterocycles. The molecule has 2 rings (SSSR count). The Morgan fingerprint density at radius 3 is 2.62 bits per heavy atom. The lowest BCUT2D eigenvalue weighted by Gasteiger charge is -2.07. The Hall–Kier alpha value is -1.38. The van der Waals surface area contributed by atoms with Crippen molar-refractivity contribution in [1.29, 1.82) is 0 Å². The maximum absolute atomic E-state index is 12.4. The summed E-state index contributed by atoms with van der Waals surface area (Å²) >= 11 is 3.13. The van der Waals surface area contributed by atoms with Crippen LogP contribution in [0.4, 0.5) is 5.82 Å². The average Bonchev–Trinajstić information content (AvgIpc) is 2.69. The Balaban J connectivity index is 2.33. The Bertz CT molecular complexity index is 736. The maximum atomic E-state index is 12.4. The predicted octanol–water partition coefficient (Wildman–Crippen LogP) is 2.57. The van der Waals surface area contributed by atoms with Crippen LogP contribution in [0.25, 0.3) is 0 Å². The van der Waals surface area contributed by atoms with Crippen molar-refractivity contribution in [3.8, 4) is 0 Å². The summed E-state index contributed by atoms with van der Waals surface area (Å²) in [5.41, 5.74) is 1.68. The van der Waals surface area contributed by atoms with Crippen LogP contribution in [-0.2, 0) is 16.6 Å². The van der Waals surface area contributed by atoms with Crippen LogP contribution in [0.3, 0.4) is 0 Å². The summed E-state index contributed by atoms with van der Waals surface area (Å²) < 4.78 is 32.8. The van der Waals surface area contributed by atoms with Crippen molar-refractivity contribution in [2.45, 2.75) is 25.3 Å². The van der Waals surface area contributed by atoms with Crippen LogP contribution in [0.5, 0.6) is 0 Å². The van der Waals surface area contributed by atoms with E-state index in [-0.39, 0.29) is 15.4 Å². The first-order valence-corrected chi connectivity index (χ1v) is 8.50. The van der Waals surface area contributed by atoms with Crippen LogP contribution in [0.1, 0.15) is 17.0 Å². The highest BCUT2D eigenvalue weighted by Crippen LogP contribution is 2.27. The minimum absolute atomic E-state index is 0.0497. The number of nitrogens with one attached hydrogen (secondary N) is 2. The van der Waals surface area contributed by atoms with Crippen molar-refractivity contribution in [3.05, 3.63) is 39.9 Å². The third-order valence-corrected chi connectivity index (χ3v) is 4.90. The second kappa shape index (κ2) is 6.17. The van der Waals surface area contributed by atoms with Gasteiger partial charge in [-0.2, -0.15) is 0 Å². The molecular formula is C13H16BrN3O3S. The second-order valence-electron chi connectivity index (χ2n) is 4.66. The van der Waals surface area contributed by atoms with E-state index in [9.17, 15) is 8.42 Å². The van der Waals surface area contributed by atoms with Crippen LogP contribution in [0, 0.1) is 13.8 Å². The standard InChI is InChI=1S/C13H16BrN3O3S/c1-8-4-9(2)16-12(5-8)17-21(18,19)11-6-10(7-15-3)20-13(11)14/h4-6,15H,7H2,1-3H3,(H,16,17). The molecule has 0 saturated heterocycles. The molecule has 2 heterocycles. The lowest BCUT2D eigenvalue weighted by atomic mass is 10.2. The molecule has 0 saturated carbocycles. The fraction of sp³-hybridized carbons (Fsp3) is 0.308. The first-order valence-electron chi connectivity index (χ1n) is 6.23. The molecule has 0 amide bonds. The molecule has 2 N–H and O–H groups in total. The molecule has 0 atom stereocenters. The molecule has 0 aromatic carbocycles. The zero-order valence-electron chi connectivity index (χ0n) is 11.9. The highest BCUT2D eigenvalue weighted by atomic mass is 79.9. The Kier molecular flexibility index (Phi) is 4.70.